The van der Waals surface area contributed by atoms with E-state index in [-0.39, 0.29) is 35.4 Å². The highest BCUT2D eigenvalue weighted by Crippen LogP contribution is 2.41. The molecule has 13 nitrogen and oxygen atoms in total. The number of nitrogens with one attached hydrogen (secondary N) is 1. The summed E-state index contributed by atoms with van der Waals surface area (Å²) in [5, 5.41) is 33.8. The minimum atomic E-state index is -1.21. The van der Waals surface area contributed by atoms with Gasteiger partial charge in [0, 0.05) is 16.9 Å². The molecule has 1 saturated heterocycles. The fourth-order valence-electron chi connectivity index (χ4n) is 3.13. The molecule has 2 aromatic heterocycles. The number of carboxylic acids is 1. The predicted octanol–water partition coefficient (Wildman–Crippen LogP) is -0.179. The number of aliphatic hydroxyl groups is 1. The van der Waals surface area contributed by atoms with E-state index in [0.717, 1.165) is 11.3 Å². The van der Waals surface area contributed by atoms with Crippen LogP contribution in [0.25, 0.3) is 0 Å². The minimum Gasteiger partial charge on any atom is -0.477 e. The van der Waals surface area contributed by atoms with E-state index in [1.807, 2.05) is 0 Å². The number of carboxylic acid groups (broad SMARTS) is 1. The van der Waals surface area contributed by atoms with E-state index in [0.29, 0.717) is 21.4 Å². The lowest BCUT2D eigenvalue weighted by atomic mass is 10.0. The van der Waals surface area contributed by atoms with Crippen molar-refractivity contribution >= 4 is 74.8 Å². The molecule has 2 atom stereocenters. The number of carbonyl (C=O) groups is 3. The first-order chi connectivity index (χ1) is 16.4. The minimum absolute atomic E-state index is 0.0799. The van der Waals surface area contributed by atoms with Crippen molar-refractivity contribution in [3.63, 3.8) is 0 Å². The third-order valence-electron chi connectivity index (χ3n) is 4.56. The highest BCUT2D eigenvalue weighted by molar-refractivity contribution is 8.01. The number of hydrogen-bond donors (Lipinski definition) is 4. The second-order valence-electron chi connectivity index (χ2n) is 6.68. The number of hydrogen-bond acceptors (Lipinski definition) is 14. The summed E-state index contributed by atoms with van der Waals surface area (Å²) in [6.45, 7) is -0.452. The molecule has 5 N–H and O–H groups in total. The van der Waals surface area contributed by atoms with Crippen molar-refractivity contribution in [3.8, 4) is 0 Å². The van der Waals surface area contributed by atoms with E-state index in [1.165, 1.54) is 45.1 Å². The first-order valence-corrected chi connectivity index (χ1v) is 13.3. The number of amides is 2. The van der Waals surface area contributed by atoms with Gasteiger partial charge in [-0.2, -0.15) is 0 Å². The van der Waals surface area contributed by atoms with Gasteiger partial charge < -0.3 is 26.1 Å². The number of rotatable bonds is 10. The van der Waals surface area contributed by atoms with Gasteiger partial charge in [-0.05, 0) is 5.57 Å². The maximum Gasteiger partial charge on any atom is 0.352 e. The Morgan fingerprint density at radius 2 is 2.24 bits per heavy atom. The Labute approximate surface area is 208 Å². The molecule has 1 unspecified atom stereocenters. The zero-order valence-corrected chi connectivity index (χ0v) is 20.4. The number of oxime groups is 1. The van der Waals surface area contributed by atoms with E-state index in [1.54, 1.807) is 5.51 Å². The largest absolute Gasteiger partial charge is 0.477 e. The number of thioether (sulfide) groups is 2. The van der Waals surface area contributed by atoms with Crippen LogP contribution in [0.5, 0.6) is 0 Å². The lowest BCUT2D eigenvalue weighted by molar-refractivity contribution is -0.150. The standard InChI is InChI=1S/C17H17N7O6S4/c18-16-20-8(5-32-16)9(23-30-2-1-25)12(26)21-10-13(27)24-11(15(28)29)7(3-31-14(10)24)4-33-17-22-19-6-34-17/h5-6,10,14,25H,1-4H2,(H2,18,20)(H,21,26)(H,28,29)/b23-9-/t10?,14-/m1/s1. The maximum atomic E-state index is 12.9. The van der Waals surface area contributed by atoms with Gasteiger partial charge >= 0.3 is 5.97 Å². The molecule has 0 saturated carbocycles. The molecular weight excluding hydrogens is 526 g/mol. The van der Waals surface area contributed by atoms with Crippen LogP contribution in [0.1, 0.15) is 5.69 Å². The Morgan fingerprint density at radius 3 is 2.88 bits per heavy atom. The van der Waals surface area contributed by atoms with Crippen molar-refractivity contribution in [1.82, 2.24) is 25.4 Å². The molecule has 0 spiro atoms. The van der Waals surface area contributed by atoms with Gasteiger partial charge in [0.25, 0.3) is 11.8 Å². The third-order valence-corrected chi connectivity index (χ3v) is 8.52. The summed E-state index contributed by atoms with van der Waals surface area (Å²) in [4.78, 5) is 47.9. The number of aliphatic carboxylic acids is 1. The molecule has 1 fully saturated rings. The molecule has 4 rings (SSSR count). The molecule has 2 aliphatic heterocycles. The van der Waals surface area contributed by atoms with Gasteiger partial charge in [0.2, 0.25) is 0 Å². The number of nitrogens with zero attached hydrogens (tertiary/aromatic N) is 5. The highest BCUT2D eigenvalue weighted by atomic mass is 32.2. The summed E-state index contributed by atoms with van der Waals surface area (Å²) in [7, 11) is 0. The van der Waals surface area contributed by atoms with Crippen LogP contribution in [-0.4, -0.2) is 89.9 Å². The Bertz CT molecular complexity index is 1150. The Morgan fingerprint density at radius 1 is 1.41 bits per heavy atom. The average Bonchev–Trinajstić information content (AvgIpc) is 3.49. The van der Waals surface area contributed by atoms with E-state index in [2.05, 4.69) is 25.7 Å². The van der Waals surface area contributed by atoms with Gasteiger partial charge in [-0.15, -0.1) is 33.3 Å². The van der Waals surface area contributed by atoms with Gasteiger partial charge in [-0.3, -0.25) is 14.5 Å². The zero-order valence-electron chi connectivity index (χ0n) is 17.1. The van der Waals surface area contributed by atoms with Crippen LogP contribution in [0.15, 0.2) is 31.7 Å². The fraction of sp³-hybridized carbons (Fsp3) is 0.353. The molecule has 2 aliphatic rings. The normalized spacial score (nSPS) is 20.1. The van der Waals surface area contributed by atoms with Crippen molar-refractivity contribution in [2.24, 2.45) is 5.16 Å². The van der Waals surface area contributed by atoms with Crippen LogP contribution < -0.4 is 11.1 Å². The van der Waals surface area contributed by atoms with Crippen LogP contribution in [0.3, 0.4) is 0 Å². The van der Waals surface area contributed by atoms with Crippen molar-refractivity contribution in [2.75, 3.05) is 30.5 Å². The summed E-state index contributed by atoms with van der Waals surface area (Å²) in [6, 6.07) is -0.955. The van der Waals surface area contributed by atoms with E-state index in [9.17, 15) is 19.5 Å². The second kappa shape index (κ2) is 10.7. The van der Waals surface area contributed by atoms with Gasteiger partial charge in [0.15, 0.2) is 15.2 Å². The molecular formula is C17H17N7O6S4. The average molecular weight is 544 g/mol. The molecule has 2 aromatic rings. The van der Waals surface area contributed by atoms with Crippen LogP contribution in [0, 0.1) is 0 Å². The molecule has 4 heterocycles. The molecule has 0 bridgehead atoms. The zero-order chi connectivity index (χ0) is 24.2. The van der Waals surface area contributed by atoms with E-state index >= 15 is 0 Å². The summed E-state index contributed by atoms with van der Waals surface area (Å²) < 4.78 is 0.697. The first-order valence-electron chi connectivity index (χ1n) is 9.52. The Hall–Kier alpha value is -2.73. The SMILES string of the molecule is Nc1nc(/C(=N/OCCO)C(=O)NC2C(=O)N3C(C(=O)O)=C(CSc4nncs4)CS[C@H]23)cs1. The number of aromatic nitrogens is 3. The summed E-state index contributed by atoms with van der Waals surface area (Å²) in [6.07, 6.45) is 0. The number of anilines is 1. The van der Waals surface area contributed by atoms with Crippen LogP contribution in [0.2, 0.25) is 0 Å². The summed E-state index contributed by atoms with van der Waals surface area (Å²) >= 11 is 5.14. The molecule has 0 aliphatic carbocycles. The van der Waals surface area contributed by atoms with Crippen molar-refractivity contribution < 1.29 is 29.4 Å². The number of thiazole rings is 1. The topological polar surface area (TPSA) is 193 Å². The number of fused-ring (bicyclic) bond motifs is 1. The summed E-state index contributed by atoms with van der Waals surface area (Å²) in [5.74, 6) is -1.78. The van der Waals surface area contributed by atoms with E-state index in [4.69, 9.17) is 15.7 Å². The molecule has 2 amide bonds. The summed E-state index contributed by atoms with van der Waals surface area (Å²) in [5.41, 5.74) is 7.67. The molecule has 180 valence electrons. The van der Waals surface area contributed by atoms with Gasteiger partial charge in [-0.1, -0.05) is 28.3 Å². The molecule has 0 aromatic carbocycles. The quantitative estimate of drug-likeness (QED) is 0.102. The number of nitrogens with two attached hydrogens (primary N) is 1. The number of β-lactam (4-membered cyclic amide) rings is 1. The lowest BCUT2D eigenvalue weighted by Crippen LogP contribution is -2.71. The monoisotopic (exact) mass is 543 g/mol. The third kappa shape index (κ3) is 5.02. The number of nitrogen functional groups attached to an aromatic ring is 1. The smallest absolute Gasteiger partial charge is 0.352 e. The predicted molar refractivity (Wildman–Crippen MR) is 126 cm³/mol. The highest BCUT2D eigenvalue weighted by Gasteiger charge is 2.54. The first kappa shape index (κ1) is 24.4. The Kier molecular flexibility index (Phi) is 7.67. The van der Waals surface area contributed by atoms with Gasteiger partial charge in [-0.25, -0.2) is 9.78 Å². The number of aliphatic hydroxyl groups excluding tert-OH is 1. The van der Waals surface area contributed by atoms with E-state index < -0.39 is 29.2 Å². The molecule has 34 heavy (non-hydrogen) atoms. The second-order valence-corrected chi connectivity index (χ2v) is 10.7. The van der Waals surface area contributed by atoms with Gasteiger partial charge in [0.05, 0.1) is 6.61 Å². The van der Waals surface area contributed by atoms with Crippen molar-refractivity contribution in [3.05, 3.63) is 27.9 Å². The number of carbonyl (C=O) groups excluding carboxylic acids is 2. The van der Waals surface area contributed by atoms with Crippen molar-refractivity contribution in [2.45, 2.75) is 15.8 Å². The van der Waals surface area contributed by atoms with Crippen LogP contribution >= 0.6 is 46.2 Å². The van der Waals surface area contributed by atoms with Crippen molar-refractivity contribution in [1.29, 1.82) is 0 Å². The molecule has 0 radical (unpaired) electrons. The maximum absolute atomic E-state index is 12.9. The van der Waals surface area contributed by atoms with Gasteiger partial charge in [0.1, 0.15) is 34.9 Å². The van der Waals surface area contributed by atoms with Crippen LogP contribution in [0.4, 0.5) is 5.13 Å². The molecule has 17 heteroatoms. The van der Waals surface area contributed by atoms with Crippen LogP contribution in [-0.2, 0) is 19.2 Å². The Balaban J connectivity index is 1.49. The lowest BCUT2D eigenvalue weighted by Gasteiger charge is -2.49. The fourth-order valence-corrected chi connectivity index (χ4v) is 6.65.